The Kier molecular flexibility index (Phi) is 4.01. The van der Waals surface area contributed by atoms with E-state index >= 15 is 0 Å². The summed E-state index contributed by atoms with van der Waals surface area (Å²) in [5.41, 5.74) is 0.000132. The maximum atomic E-state index is 14.1. The molecule has 2 rings (SSSR count). The Hall–Kier alpha value is -1.67. The molecule has 0 bridgehead atoms. The first kappa shape index (κ1) is 13.8. The van der Waals surface area contributed by atoms with Crippen LogP contribution in [0.1, 0.15) is 18.9 Å². The van der Waals surface area contributed by atoms with E-state index < -0.39 is 11.6 Å². The minimum atomic E-state index is -1.05. The van der Waals surface area contributed by atoms with Crippen LogP contribution in [0.2, 0.25) is 0 Å². The van der Waals surface area contributed by atoms with Gasteiger partial charge in [-0.3, -0.25) is 0 Å². The lowest BCUT2D eigenvalue weighted by Gasteiger charge is -2.30. The van der Waals surface area contributed by atoms with E-state index in [1.54, 1.807) is 6.07 Å². The van der Waals surface area contributed by atoms with E-state index in [4.69, 9.17) is 5.26 Å². The number of nitrogens with zero attached hydrogens (tertiary/aromatic N) is 3. The highest BCUT2D eigenvalue weighted by Crippen LogP contribution is 2.27. The molecule has 1 aromatic rings. The van der Waals surface area contributed by atoms with Crippen LogP contribution in [0.5, 0.6) is 0 Å². The minimum absolute atomic E-state index is 0.106. The summed E-state index contributed by atoms with van der Waals surface area (Å²) in [6.07, 6.45) is 0.905. The van der Waals surface area contributed by atoms with Crippen LogP contribution in [0.4, 0.5) is 14.5 Å². The van der Waals surface area contributed by atoms with Gasteiger partial charge in [0, 0.05) is 19.1 Å². The van der Waals surface area contributed by atoms with Gasteiger partial charge >= 0.3 is 0 Å². The zero-order valence-electron chi connectivity index (χ0n) is 11.2. The topological polar surface area (TPSA) is 30.3 Å². The van der Waals surface area contributed by atoms with E-state index in [1.807, 2.05) is 18.9 Å². The van der Waals surface area contributed by atoms with Gasteiger partial charge in [0.1, 0.15) is 6.07 Å². The first-order valence-electron chi connectivity index (χ1n) is 6.38. The summed E-state index contributed by atoms with van der Waals surface area (Å²) >= 11 is 0. The van der Waals surface area contributed by atoms with E-state index in [1.165, 1.54) is 12.1 Å². The van der Waals surface area contributed by atoms with E-state index in [0.717, 1.165) is 19.5 Å². The second-order valence-electron chi connectivity index (χ2n) is 5.03. The van der Waals surface area contributed by atoms with Crippen molar-refractivity contribution in [3.05, 3.63) is 29.3 Å². The third kappa shape index (κ3) is 2.69. The number of likely N-dealkylation sites (N-methyl/N-ethyl adjacent to an activating group) is 1. The standard InChI is InChI=1S/C14H17F2N3/c1-10-9-18(2)6-3-7-19(10)12-5-4-11(8-17)13(15)14(12)16/h4-5,10H,3,6-7,9H2,1-2H3. The van der Waals surface area contributed by atoms with Crippen LogP contribution in [-0.4, -0.2) is 37.6 Å². The summed E-state index contributed by atoms with van der Waals surface area (Å²) in [6.45, 7) is 4.44. The molecular formula is C14H17F2N3. The monoisotopic (exact) mass is 265 g/mol. The average molecular weight is 265 g/mol. The van der Waals surface area contributed by atoms with Crippen LogP contribution in [0.3, 0.4) is 0 Å². The molecule has 0 aromatic heterocycles. The van der Waals surface area contributed by atoms with Crippen LogP contribution < -0.4 is 4.90 Å². The first-order chi connectivity index (χ1) is 9.04. The van der Waals surface area contributed by atoms with Gasteiger partial charge in [-0.15, -0.1) is 0 Å². The molecule has 1 heterocycles. The maximum Gasteiger partial charge on any atom is 0.183 e. The number of hydrogen-bond donors (Lipinski definition) is 0. The normalized spacial score (nSPS) is 21.0. The Morgan fingerprint density at radius 2 is 2.00 bits per heavy atom. The molecule has 1 fully saturated rings. The van der Waals surface area contributed by atoms with Gasteiger partial charge < -0.3 is 9.80 Å². The third-order valence-corrected chi connectivity index (χ3v) is 3.54. The summed E-state index contributed by atoms with van der Waals surface area (Å²) in [6, 6.07) is 4.60. The van der Waals surface area contributed by atoms with Crippen LogP contribution >= 0.6 is 0 Å². The summed E-state index contributed by atoms with van der Waals surface area (Å²) in [5.74, 6) is -1.97. The van der Waals surface area contributed by atoms with E-state index in [2.05, 4.69) is 4.90 Å². The molecule has 0 aliphatic carbocycles. The molecule has 3 nitrogen and oxygen atoms in total. The molecular weight excluding hydrogens is 248 g/mol. The Bertz CT molecular complexity index is 510. The summed E-state index contributed by atoms with van der Waals surface area (Å²) in [7, 11) is 2.02. The van der Waals surface area contributed by atoms with Gasteiger partial charge in [0.15, 0.2) is 11.6 Å². The van der Waals surface area contributed by atoms with Crippen molar-refractivity contribution in [2.75, 3.05) is 31.6 Å². The Labute approximate surface area is 112 Å². The van der Waals surface area contributed by atoms with Crippen molar-refractivity contribution in [1.29, 1.82) is 5.26 Å². The van der Waals surface area contributed by atoms with Gasteiger partial charge in [-0.05, 0) is 39.1 Å². The second kappa shape index (κ2) is 5.54. The molecule has 1 unspecified atom stereocenters. The Morgan fingerprint density at radius 1 is 1.26 bits per heavy atom. The highest BCUT2D eigenvalue weighted by molar-refractivity contribution is 5.53. The van der Waals surface area contributed by atoms with E-state index in [0.29, 0.717) is 6.54 Å². The van der Waals surface area contributed by atoms with Crippen LogP contribution in [0.25, 0.3) is 0 Å². The fourth-order valence-electron chi connectivity index (χ4n) is 2.58. The maximum absolute atomic E-state index is 14.1. The average Bonchev–Trinajstić information content (AvgIpc) is 2.54. The zero-order valence-corrected chi connectivity index (χ0v) is 11.2. The van der Waals surface area contributed by atoms with Crippen LogP contribution in [0, 0.1) is 23.0 Å². The number of rotatable bonds is 1. The van der Waals surface area contributed by atoms with Crippen molar-refractivity contribution in [1.82, 2.24) is 4.90 Å². The van der Waals surface area contributed by atoms with Crippen molar-refractivity contribution < 1.29 is 8.78 Å². The number of halogens is 2. The molecule has 5 heteroatoms. The first-order valence-corrected chi connectivity index (χ1v) is 6.38. The van der Waals surface area contributed by atoms with Crippen molar-refractivity contribution >= 4 is 5.69 Å². The lowest BCUT2D eigenvalue weighted by Crippen LogP contribution is -2.38. The predicted molar refractivity (Wildman–Crippen MR) is 70.0 cm³/mol. The Balaban J connectivity index is 2.36. The van der Waals surface area contributed by atoms with Gasteiger partial charge in [-0.2, -0.15) is 5.26 Å². The fourth-order valence-corrected chi connectivity index (χ4v) is 2.58. The molecule has 1 aromatic carbocycles. The fraction of sp³-hybridized carbons (Fsp3) is 0.500. The molecule has 1 aliphatic rings. The molecule has 0 amide bonds. The Morgan fingerprint density at radius 3 is 2.68 bits per heavy atom. The SMILES string of the molecule is CC1CN(C)CCCN1c1ccc(C#N)c(F)c1F. The highest BCUT2D eigenvalue weighted by atomic mass is 19.2. The van der Waals surface area contributed by atoms with Gasteiger partial charge in [0.2, 0.25) is 0 Å². The number of benzene rings is 1. The second-order valence-corrected chi connectivity index (χ2v) is 5.03. The summed E-state index contributed by atoms with van der Waals surface area (Å²) < 4.78 is 27.7. The summed E-state index contributed by atoms with van der Waals surface area (Å²) in [4.78, 5) is 4.06. The van der Waals surface area contributed by atoms with Gasteiger partial charge in [0.25, 0.3) is 0 Å². The molecule has 1 atom stereocenters. The zero-order chi connectivity index (χ0) is 14.0. The van der Waals surface area contributed by atoms with Gasteiger partial charge in [0.05, 0.1) is 11.3 Å². The summed E-state index contributed by atoms with van der Waals surface area (Å²) in [5, 5.41) is 8.70. The number of nitriles is 1. The van der Waals surface area contributed by atoms with Crippen molar-refractivity contribution in [3.8, 4) is 6.07 Å². The third-order valence-electron chi connectivity index (χ3n) is 3.54. The molecule has 19 heavy (non-hydrogen) atoms. The quantitative estimate of drug-likeness (QED) is 0.781. The smallest absolute Gasteiger partial charge is 0.183 e. The van der Waals surface area contributed by atoms with Gasteiger partial charge in [-0.1, -0.05) is 0 Å². The molecule has 0 radical (unpaired) electrons. The molecule has 0 saturated carbocycles. The van der Waals surface area contributed by atoms with Crippen molar-refractivity contribution in [2.24, 2.45) is 0 Å². The lowest BCUT2D eigenvalue weighted by atomic mass is 10.1. The molecule has 102 valence electrons. The largest absolute Gasteiger partial charge is 0.365 e. The van der Waals surface area contributed by atoms with Gasteiger partial charge in [-0.25, -0.2) is 8.78 Å². The van der Waals surface area contributed by atoms with Crippen molar-refractivity contribution in [2.45, 2.75) is 19.4 Å². The molecule has 1 aliphatic heterocycles. The lowest BCUT2D eigenvalue weighted by molar-refractivity contribution is 0.337. The predicted octanol–water partition coefficient (Wildman–Crippen LogP) is 2.37. The highest BCUT2D eigenvalue weighted by Gasteiger charge is 2.24. The van der Waals surface area contributed by atoms with E-state index in [9.17, 15) is 8.78 Å². The van der Waals surface area contributed by atoms with Crippen molar-refractivity contribution in [3.63, 3.8) is 0 Å². The molecule has 0 spiro atoms. The minimum Gasteiger partial charge on any atom is -0.365 e. The molecule has 1 saturated heterocycles. The number of anilines is 1. The number of hydrogen-bond acceptors (Lipinski definition) is 3. The van der Waals surface area contributed by atoms with E-state index in [-0.39, 0.29) is 17.3 Å². The van der Waals surface area contributed by atoms with Crippen LogP contribution in [-0.2, 0) is 0 Å². The molecule has 0 N–H and O–H groups in total. The van der Waals surface area contributed by atoms with Crippen LogP contribution in [0.15, 0.2) is 12.1 Å².